The van der Waals surface area contributed by atoms with Gasteiger partial charge in [-0.3, -0.25) is 14.9 Å². The molecule has 1 N–H and O–H groups in total. The van der Waals surface area contributed by atoms with Crippen molar-refractivity contribution in [3.05, 3.63) is 33.9 Å². The van der Waals surface area contributed by atoms with Crippen molar-refractivity contribution in [1.29, 1.82) is 0 Å². The van der Waals surface area contributed by atoms with Crippen molar-refractivity contribution >= 4 is 5.91 Å². The molecule has 7 heteroatoms. The summed E-state index contributed by atoms with van der Waals surface area (Å²) in [6.45, 7) is 4.66. The molecule has 1 heterocycles. The van der Waals surface area contributed by atoms with Crippen molar-refractivity contribution in [3.8, 4) is 11.5 Å². The lowest BCUT2D eigenvalue weighted by Crippen LogP contribution is -2.31. The third-order valence-electron chi connectivity index (χ3n) is 4.08. The maximum absolute atomic E-state index is 11.7. The fraction of sp³-hybridized carbons (Fsp3) is 0.562. The molecule has 1 aromatic rings. The summed E-state index contributed by atoms with van der Waals surface area (Å²) in [5.41, 5.74) is 0.878. The summed E-state index contributed by atoms with van der Waals surface area (Å²) in [5.74, 6) is 0.664. The first-order valence-electron chi connectivity index (χ1n) is 7.72. The Hall–Kier alpha value is -2.31. The first-order chi connectivity index (χ1) is 10.9. The van der Waals surface area contributed by atoms with Crippen LogP contribution in [0.3, 0.4) is 0 Å². The van der Waals surface area contributed by atoms with Gasteiger partial charge in [0, 0.05) is 23.3 Å². The predicted octanol–water partition coefficient (Wildman–Crippen LogP) is 1.56. The van der Waals surface area contributed by atoms with E-state index in [1.807, 2.05) is 32.0 Å². The second-order valence-electron chi connectivity index (χ2n) is 6.62. The summed E-state index contributed by atoms with van der Waals surface area (Å²) in [7, 11) is 0. The summed E-state index contributed by atoms with van der Waals surface area (Å²) < 4.78 is 11.6. The van der Waals surface area contributed by atoms with Crippen LogP contribution in [0.2, 0.25) is 0 Å². The fourth-order valence-corrected chi connectivity index (χ4v) is 2.86. The lowest BCUT2D eigenvalue weighted by atomic mass is 10.0. The lowest BCUT2D eigenvalue weighted by molar-refractivity contribution is -0.497. The van der Waals surface area contributed by atoms with Crippen LogP contribution in [-0.2, 0) is 11.2 Å². The Morgan fingerprint density at radius 3 is 3.00 bits per heavy atom. The molecule has 2 aliphatic rings. The number of benzene rings is 1. The second-order valence-corrected chi connectivity index (χ2v) is 6.62. The molecule has 0 aromatic heterocycles. The van der Waals surface area contributed by atoms with Crippen molar-refractivity contribution < 1.29 is 19.2 Å². The Bertz CT molecular complexity index is 643. The van der Waals surface area contributed by atoms with E-state index in [4.69, 9.17) is 9.47 Å². The first kappa shape index (κ1) is 15.6. The van der Waals surface area contributed by atoms with Crippen LogP contribution in [0.1, 0.15) is 25.8 Å². The van der Waals surface area contributed by atoms with Gasteiger partial charge < -0.3 is 14.8 Å². The van der Waals surface area contributed by atoms with Gasteiger partial charge in [0.05, 0.1) is 6.54 Å². The van der Waals surface area contributed by atoms with E-state index >= 15 is 0 Å². The Balaban J connectivity index is 1.47. The second kappa shape index (κ2) is 5.72. The molecule has 124 valence electrons. The lowest BCUT2D eigenvalue weighted by Gasteiger charge is -2.18. The number of hydrogen-bond donors (Lipinski definition) is 1. The Kier molecular flexibility index (Phi) is 3.87. The molecule has 1 aliphatic heterocycles. The molecule has 1 aliphatic carbocycles. The van der Waals surface area contributed by atoms with Crippen molar-refractivity contribution in [2.45, 2.75) is 38.3 Å². The third-order valence-corrected chi connectivity index (χ3v) is 4.08. The highest BCUT2D eigenvalue weighted by Crippen LogP contribution is 2.41. The van der Waals surface area contributed by atoms with Gasteiger partial charge in [-0.15, -0.1) is 0 Å². The van der Waals surface area contributed by atoms with E-state index in [1.165, 1.54) is 0 Å². The monoisotopic (exact) mass is 320 g/mol. The number of rotatable bonds is 6. The largest absolute Gasteiger partial charge is 0.488 e. The molecule has 2 atom stereocenters. The fourth-order valence-electron chi connectivity index (χ4n) is 2.86. The van der Waals surface area contributed by atoms with Gasteiger partial charge in [0.25, 0.3) is 0 Å². The van der Waals surface area contributed by atoms with E-state index < -0.39 is 16.9 Å². The molecular weight excluding hydrogens is 300 g/mol. The van der Waals surface area contributed by atoms with Crippen LogP contribution >= 0.6 is 0 Å². The van der Waals surface area contributed by atoms with E-state index in [2.05, 4.69) is 5.32 Å². The number of amides is 1. The summed E-state index contributed by atoms with van der Waals surface area (Å²) in [4.78, 5) is 21.9. The molecule has 23 heavy (non-hydrogen) atoms. The SMILES string of the molecule is CC1(C)Cc2cccc(OCCNC(=O)[C@@H]3C[C@@H]3[N+](=O)[O-])c2O1. The zero-order valence-corrected chi connectivity index (χ0v) is 13.2. The van der Waals surface area contributed by atoms with Crippen LogP contribution in [0.4, 0.5) is 0 Å². The van der Waals surface area contributed by atoms with Gasteiger partial charge in [-0.2, -0.15) is 0 Å². The van der Waals surface area contributed by atoms with Crippen LogP contribution in [-0.4, -0.2) is 35.6 Å². The first-order valence-corrected chi connectivity index (χ1v) is 7.72. The van der Waals surface area contributed by atoms with E-state index in [1.54, 1.807) is 0 Å². The Morgan fingerprint density at radius 1 is 1.52 bits per heavy atom. The highest BCUT2D eigenvalue weighted by molar-refractivity contribution is 5.81. The van der Waals surface area contributed by atoms with Gasteiger partial charge in [0.1, 0.15) is 18.1 Å². The highest BCUT2D eigenvalue weighted by atomic mass is 16.6. The molecule has 3 rings (SSSR count). The highest BCUT2D eigenvalue weighted by Gasteiger charge is 2.53. The van der Waals surface area contributed by atoms with Crippen molar-refractivity contribution in [1.82, 2.24) is 5.32 Å². The standard InChI is InChI=1S/C16H20N2O5/c1-16(2)9-10-4-3-5-13(14(10)23-16)22-7-6-17-15(19)11-8-12(11)18(20)21/h3-5,11-12H,6-9H2,1-2H3,(H,17,19)/t11-,12+/m1/s1. The number of carbonyl (C=O) groups excluding carboxylic acids is 1. The number of nitrogens with one attached hydrogen (secondary N) is 1. The Labute approximate surface area is 134 Å². The van der Waals surface area contributed by atoms with Gasteiger partial charge in [-0.1, -0.05) is 12.1 Å². The van der Waals surface area contributed by atoms with Gasteiger partial charge in [0.2, 0.25) is 11.9 Å². The number of carbonyl (C=O) groups is 1. The molecule has 0 unspecified atom stereocenters. The molecule has 1 amide bonds. The van der Waals surface area contributed by atoms with Crippen molar-refractivity contribution in [2.75, 3.05) is 13.2 Å². The minimum absolute atomic E-state index is 0.237. The molecule has 0 bridgehead atoms. The minimum Gasteiger partial charge on any atom is -0.488 e. The average molecular weight is 320 g/mol. The molecule has 1 aromatic carbocycles. The Morgan fingerprint density at radius 2 is 2.30 bits per heavy atom. The molecule has 7 nitrogen and oxygen atoms in total. The van der Waals surface area contributed by atoms with Crippen molar-refractivity contribution in [2.24, 2.45) is 5.92 Å². The average Bonchev–Trinajstić information content (AvgIpc) is 3.20. The van der Waals surface area contributed by atoms with E-state index in [0.717, 1.165) is 17.7 Å². The van der Waals surface area contributed by atoms with Gasteiger partial charge >= 0.3 is 0 Å². The van der Waals surface area contributed by atoms with Crippen LogP contribution in [0.15, 0.2) is 18.2 Å². The van der Waals surface area contributed by atoms with Gasteiger partial charge in [-0.25, -0.2) is 0 Å². The summed E-state index contributed by atoms with van der Waals surface area (Å²) in [6.07, 6.45) is 1.16. The van der Waals surface area contributed by atoms with Crippen molar-refractivity contribution in [3.63, 3.8) is 0 Å². The number of para-hydroxylation sites is 1. The smallest absolute Gasteiger partial charge is 0.230 e. The van der Waals surface area contributed by atoms with Crippen LogP contribution < -0.4 is 14.8 Å². The van der Waals surface area contributed by atoms with Gasteiger partial charge in [0.15, 0.2) is 11.5 Å². The summed E-state index contributed by atoms with van der Waals surface area (Å²) >= 11 is 0. The zero-order chi connectivity index (χ0) is 16.6. The molecular formula is C16H20N2O5. The maximum atomic E-state index is 11.7. The van der Waals surface area contributed by atoms with Gasteiger partial charge in [-0.05, 0) is 19.9 Å². The molecule has 0 saturated heterocycles. The van der Waals surface area contributed by atoms with E-state index in [9.17, 15) is 14.9 Å². The number of nitro groups is 1. The molecule has 0 spiro atoms. The molecule has 1 saturated carbocycles. The molecule has 1 fully saturated rings. The maximum Gasteiger partial charge on any atom is 0.230 e. The van der Waals surface area contributed by atoms with Crippen LogP contribution in [0, 0.1) is 16.0 Å². The minimum atomic E-state index is -0.719. The van der Waals surface area contributed by atoms with E-state index in [-0.39, 0.29) is 11.5 Å². The summed E-state index contributed by atoms with van der Waals surface area (Å²) in [5, 5.41) is 13.2. The third kappa shape index (κ3) is 3.38. The van der Waals surface area contributed by atoms with Crippen LogP contribution in [0.25, 0.3) is 0 Å². The predicted molar refractivity (Wildman–Crippen MR) is 82.2 cm³/mol. The zero-order valence-electron chi connectivity index (χ0n) is 13.2. The number of fused-ring (bicyclic) bond motifs is 1. The van der Waals surface area contributed by atoms with E-state index in [0.29, 0.717) is 25.3 Å². The summed E-state index contributed by atoms with van der Waals surface area (Å²) in [6, 6.07) is 5.06. The topological polar surface area (TPSA) is 90.7 Å². The number of nitrogens with zero attached hydrogens (tertiary/aromatic N) is 1. The normalized spacial score (nSPS) is 23.6. The van der Waals surface area contributed by atoms with Crippen LogP contribution in [0.5, 0.6) is 11.5 Å². The number of ether oxygens (including phenoxy) is 2. The number of hydrogen-bond acceptors (Lipinski definition) is 5. The molecule has 0 radical (unpaired) electrons. The quantitative estimate of drug-likeness (QED) is 0.488.